The Morgan fingerprint density at radius 1 is 1.07 bits per heavy atom. The van der Waals surface area contributed by atoms with E-state index in [-0.39, 0.29) is 24.5 Å². The molecule has 4 rings (SSSR count). The lowest BCUT2D eigenvalue weighted by atomic mass is 10.2. The van der Waals surface area contributed by atoms with E-state index < -0.39 is 18.2 Å². The molecular weight excluding hydrogens is 376 g/mol. The van der Waals surface area contributed by atoms with Gasteiger partial charge in [-0.3, -0.25) is 19.8 Å². The van der Waals surface area contributed by atoms with Gasteiger partial charge in [0.2, 0.25) is 12.0 Å². The summed E-state index contributed by atoms with van der Waals surface area (Å²) in [5.41, 5.74) is 0. The minimum atomic E-state index is -0.664. The standard InChI is InChI=1S/C20H26N4O5/c1-13(18(25)22-20(27)21-14-6-7-14)23-8-10-24(11-9-23)19(26)17-12-28-15-4-2-3-5-16(15)29-17/h2-5,13-14,17H,6-12H2,1H3,(H2,21,22,25,27). The second kappa shape index (κ2) is 8.28. The molecule has 0 aromatic heterocycles. The van der Waals surface area contributed by atoms with Gasteiger partial charge in [0.15, 0.2) is 11.5 Å². The molecule has 9 heteroatoms. The van der Waals surface area contributed by atoms with E-state index in [0.29, 0.717) is 37.7 Å². The molecule has 1 saturated heterocycles. The van der Waals surface area contributed by atoms with Crippen molar-refractivity contribution < 1.29 is 23.9 Å². The van der Waals surface area contributed by atoms with Crippen molar-refractivity contribution in [3.63, 3.8) is 0 Å². The molecule has 1 aromatic carbocycles. The number of hydrogen-bond acceptors (Lipinski definition) is 6. The fraction of sp³-hybridized carbons (Fsp3) is 0.550. The average Bonchev–Trinajstić information content (AvgIpc) is 3.56. The Morgan fingerprint density at radius 3 is 2.45 bits per heavy atom. The lowest BCUT2D eigenvalue weighted by Gasteiger charge is -2.39. The molecule has 0 bridgehead atoms. The highest BCUT2D eigenvalue weighted by Crippen LogP contribution is 2.31. The number of ether oxygens (including phenoxy) is 2. The molecule has 2 atom stereocenters. The van der Waals surface area contributed by atoms with E-state index in [9.17, 15) is 14.4 Å². The van der Waals surface area contributed by atoms with Crippen LogP contribution in [0, 0.1) is 0 Å². The van der Waals surface area contributed by atoms with Crippen LogP contribution >= 0.6 is 0 Å². The number of imide groups is 1. The summed E-state index contributed by atoms with van der Waals surface area (Å²) in [6, 6.07) is 6.61. The molecular formula is C20H26N4O5. The van der Waals surface area contributed by atoms with E-state index in [1.807, 2.05) is 23.1 Å². The van der Waals surface area contributed by atoms with Gasteiger partial charge in [-0.2, -0.15) is 0 Å². The molecule has 1 aromatic rings. The predicted molar refractivity (Wildman–Crippen MR) is 104 cm³/mol. The van der Waals surface area contributed by atoms with Gasteiger partial charge < -0.3 is 19.7 Å². The topological polar surface area (TPSA) is 100 Å². The first-order chi connectivity index (χ1) is 14.0. The molecule has 1 aliphatic carbocycles. The normalized spacial score (nSPS) is 22.5. The quantitative estimate of drug-likeness (QED) is 0.754. The molecule has 2 N–H and O–H groups in total. The van der Waals surface area contributed by atoms with Crippen molar-refractivity contribution in [2.24, 2.45) is 0 Å². The summed E-state index contributed by atoms with van der Waals surface area (Å²) in [4.78, 5) is 40.6. The zero-order valence-corrected chi connectivity index (χ0v) is 16.4. The van der Waals surface area contributed by atoms with Crippen molar-refractivity contribution in [2.75, 3.05) is 32.8 Å². The molecule has 1 saturated carbocycles. The van der Waals surface area contributed by atoms with Gasteiger partial charge in [0.1, 0.15) is 6.61 Å². The van der Waals surface area contributed by atoms with Gasteiger partial charge in [-0.1, -0.05) is 12.1 Å². The molecule has 2 unspecified atom stereocenters. The second-order valence-electron chi connectivity index (χ2n) is 7.64. The van der Waals surface area contributed by atoms with Crippen LogP contribution in [0.1, 0.15) is 19.8 Å². The fourth-order valence-electron chi connectivity index (χ4n) is 3.51. The SMILES string of the molecule is CC(C(=O)NC(=O)NC1CC1)N1CCN(C(=O)C2COc3ccccc3O2)CC1. The number of nitrogens with one attached hydrogen (secondary N) is 2. The number of fused-ring (bicyclic) bond motifs is 1. The lowest BCUT2D eigenvalue weighted by Crippen LogP contribution is -2.58. The Kier molecular flexibility index (Phi) is 5.57. The zero-order chi connectivity index (χ0) is 20.4. The maximum Gasteiger partial charge on any atom is 0.321 e. The maximum atomic E-state index is 12.8. The van der Waals surface area contributed by atoms with Crippen LogP contribution in [0.4, 0.5) is 4.79 Å². The predicted octanol–water partition coefficient (Wildman–Crippen LogP) is 0.347. The summed E-state index contributed by atoms with van der Waals surface area (Å²) in [7, 11) is 0. The number of urea groups is 1. The van der Waals surface area contributed by atoms with Gasteiger partial charge in [-0.25, -0.2) is 4.79 Å². The third kappa shape index (κ3) is 4.61. The van der Waals surface area contributed by atoms with Crippen molar-refractivity contribution in [3.05, 3.63) is 24.3 Å². The largest absolute Gasteiger partial charge is 0.485 e. The number of nitrogens with zero attached hydrogens (tertiary/aromatic N) is 2. The van der Waals surface area contributed by atoms with E-state index in [1.165, 1.54) is 0 Å². The Labute approximate surface area is 169 Å². The monoisotopic (exact) mass is 402 g/mol. The summed E-state index contributed by atoms with van der Waals surface area (Å²) in [6.45, 7) is 4.04. The van der Waals surface area contributed by atoms with E-state index in [1.54, 1.807) is 17.9 Å². The fourth-order valence-corrected chi connectivity index (χ4v) is 3.51. The van der Waals surface area contributed by atoms with Crippen LogP contribution in [0.15, 0.2) is 24.3 Å². The van der Waals surface area contributed by atoms with E-state index in [0.717, 1.165) is 12.8 Å². The van der Waals surface area contributed by atoms with Crippen LogP contribution in [0.25, 0.3) is 0 Å². The number of amides is 4. The first-order valence-corrected chi connectivity index (χ1v) is 10.0. The third-order valence-corrected chi connectivity index (χ3v) is 5.49. The zero-order valence-electron chi connectivity index (χ0n) is 16.4. The van der Waals surface area contributed by atoms with Crippen LogP contribution in [-0.2, 0) is 9.59 Å². The number of carbonyl (C=O) groups is 3. The van der Waals surface area contributed by atoms with Crippen molar-refractivity contribution in [1.82, 2.24) is 20.4 Å². The van der Waals surface area contributed by atoms with Crippen molar-refractivity contribution >= 4 is 17.8 Å². The second-order valence-corrected chi connectivity index (χ2v) is 7.64. The van der Waals surface area contributed by atoms with E-state index in [4.69, 9.17) is 9.47 Å². The highest BCUT2D eigenvalue weighted by atomic mass is 16.6. The number of para-hydroxylation sites is 2. The van der Waals surface area contributed by atoms with Crippen LogP contribution in [0.3, 0.4) is 0 Å². The Hall–Kier alpha value is -2.81. The summed E-state index contributed by atoms with van der Waals surface area (Å²) < 4.78 is 11.4. The first-order valence-electron chi connectivity index (χ1n) is 10.0. The molecule has 2 aliphatic heterocycles. The third-order valence-electron chi connectivity index (χ3n) is 5.49. The van der Waals surface area contributed by atoms with Crippen LogP contribution < -0.4 is 20.1 Å². The average molecular weight is 402 g/mol. The molecule has 4 amide bonds. The van der Waals surface area contributed by atoms with Gasteiger partial charge in [0, 0.05) is 32.2 Å². The minimum absolute atomic E-state index is 0.111. The van der Waals surface area contributed by atoms with Crippen molar-refractivity contribution in [2.45, 2.75) is 38.0 Å². The highest BCUT2D eigenvalue weighted by Gasteiger charge is 2.34. The number of carbonyl (C=O) groups excluding carboxylic acids is 3. The molecule has 0 spiro atoms. The highest BCUT2D eigenvalue weighted by molar-refractivity contribution is 5.97. The molecule has 29 heavy (non-hydrogen) atoms. The van der Waals surface area contributed by atoms with Gasteiger partial charge in [-0.05, 0) is 31.9 Å². The molecule has 9 nitrogen and oxygen atoms in total. The summed E-state index contributed by atoms with van der Waals surface area (Å²) in [5, 5.41) is 5.14. The summed E-state index contributed by atoms with van der Waals surface area (Å²) in [5.74, 6) is 0.779. The van der Waals surface area contributed by atoms with E-state index in [2.05, 4.69) is 10.6 Å². The number of benzene rings is 1. The lowest BCUT2D eigenvalue weighted by molar-refractivity contribution is -0.143. The van der Waals surface area contributed by atoms with Gasteiger partial charge in [-0.15, -0.1) is 0 Å². The van der Waals surface area contributed by atoms with Crippen LogP contribution in [0.2, 0.25) is 0 Å². The van der Waals surface area contributed by atoms with Crippen molar-refractivity contribution in [3.8, 4) is 11.5 Å². The van der Waals surface area contributed by atoms with E-state index >= 15 is 0 Å². The Bertz CT molecular complexity index is 789. The summed E-state index contributed by atoms with van der Waals surface area (Å²) >= 11 is 0. The van der Waals surface area contributed by atoms with Crippen molar-refractivity contribution in [1.29, 1.82) is 0 Å². The smallest absolute Gasteiger partial charge is 0.321 e. The molecule has 2 fully saturated rings. The minimum Gasteiger partial charge on any atom is -0.485 e. The Morgan fingerprint density at radius 2 is 1.76 bits per heavy atom. The molecule has 2 heterocycles. The van der Waals surface area contributed by atoms with Gasteiger partial charge >= 0.3 is 6.03 Å². The van der Waals surface area contributed by atoms with Gasteiger partial charge in [0.25, 0.3) is 5.91 Å². The van der Waals surface area contributed by atoms with Crippen LogP contribution in [0.5, 0.6) is 11.5 Å². The number of piperazine rings is 1. The number of hydrogen-bond donors (Lipinski definition) is 2. The summed E-state index contributed by atoms with van der Waals surface area (Å²) in [6.07, 6.45) is 1.27. The molecule has 0 radical (unpaired) electrons. The Balaban J connectivity index is 1.25. The van der Waals surface area contributed by atoms with Crippen LogP contribution in [-0.4, -0.2) is 78.6 Å². The molecule has 3 aliphatic rings. The first kappa shape index (κ1) is 19.5. The number of rotatable bonds is 4. The maximum absolute atomic E-state index is 12.8. The van der Waals surface area contributed by atoms with Gasteiger partial charge in [0.05, 0.1) is 6.04 Å². The molecule has 156 valence electrons.